The van der Waals surface area contributed by atoms with Crippen molar-refractivity contribution < 1.29 is 18.0 Å². The highest BCUT2D eigenvalue weighted by Gasteiger charge is 2.30. The van der Waals surface area contributed by atoms with Crippen LogP contribution in [0.15, 0.2) is 24.3 Å². The molecule has 1 aromatic rings. The Kier molecular flexibility index (Phi) is 7.06. The number of nitrogens with one attached hydrogen (secondary N) is 1. The van der Waals surface area contributed by atoms with Crippen molar-refractivity contribution in [2.45, 2.75) is 52.4 Å². The summed E-state index contributed by atoms with van der Waals surface area (Å²) >= 11 is 0. The molecule has 1 rings (SSSR count). The number of hydrogen-bond donors (Lipinski definition) is 1. The van der Waals surface area contributed by atoms with E-state index in [0.717, 1.165) is 12.1 Å². The summed E-state index contributed by atoms with van der Waals surface area (Å²) in [6.45, 7) is 9.54. The Morgan fingerprint density at radius 2 is 1.78 bits per heavy atom. The molecule has 0 aliphatic heterocycles. The van der Waals surface area contributed by atoms with Crippen molar-refractivity contribution in [1.29, 1.82) is 0 Å². The van der Waals surface area contributed by atoms with Gasteiger partial charge in [0.15, 0.2) is 0 Å². The van der Waals surface area contributed by atoms with E-state index in [2.05, 4.69) is 37.9 Å². The maximum Gasteiger partial charge on any atom is 0.416 e. The van der Waals surface area contributed by atoms with Gasteiger partial charge in [0, 0.05) is 25.2 Å². The second-order valence-electron chi connectivity index (χ2n) is 6.15. The van der Waals surface area contributed by atoms with Gasteiger partial charge in [-0.1, -0.05) is 18.2 Å². The van der Waals surface area contributed by atoms with E-state index in [4.69, 9.17) is 0 Å². The Bertz CT molecular complexity index is 505. The number of carbonyl (C=O) groups is 1. The fraction of sp³-hybridized carbons (Fsp3) is 0.588. The van der Waals surface area contributed by atoms with Gasteiger partial charge >= 0.3 is 6.18 Å². The summed E-state index contributed by atoms with van der Waals surface area (Å²) in [7, 11) is 0. The number of carbonyl (C=O) groups excluding carboxylic acids is 1. The predicted molar refractivity (Wildman–Crippen MR) is 85.1 cm³/mol. The minimum Gasteiger partial charge on any atom is -0.355 e. The van der Waals surface area contributed by atoms with Crippen LogP contribution >= 0.6 is 0 Å². The molecular formula is C17H25F3N2O. The number of halogens is 3. The smallest absolute Gasteiger partial charge is 0.355 e. The SMILES string of the molecule is CC(C)N(CCNC(=O)Cc1cccc(C(F)(F)F)c1)C(C)C. The van der Waals surface area contributed by atoms with Gasteiger partial charge in [0.05, 0.1) is 12.0 Å². The van der Waals surface area contributed by atoms with Gasteiger partial charge in [-0.25, -0.2) is 0 Å². The third-order valence-corrected chi connectivity index (χ3v) is 3.64. The Hall–Kier alpha value is -1.56. The van der Waals surface area contributed by atoms with Crippen LogP contribution in [0.4, 0.5) is 13.2 Å². The highest BCUT2D eigenvalue weighted by Crippen LogP contribution is 2.29. The summed E-state index contributed by atoms with van der Waals surface area (Å²) in [5.41, 5.74) is -0.365. The number of hydrogen-bond acceptors (Lipinski definition) is 2. The zero-order chi connectivity index (χ0) is 17.6. The van der Waals surface area contributed by atoms with Crippen LogP contribution in [-0.2, 0) is 17.4 Å². The van der Waals surface area contributed by atoms with Crippen LogP contribution in [0.2, 0.25) is 0 Å². The fourth-order valence-electron chi connectivity index (χ4n) is 2.54. The summed E-state index contributed by atoms with van der Waals surface area (Å²) in [5, 5.41) is 2.77. The number of benzene rings is 1. The molecular weight excluding hydrogens is 305 g/mol. The van der Waals surface area contributed by atoms with Crippen LogP contribution < -0.4 is 5.32 Å². The van der Waals surface area contributed by atoms with Crippen molar-refractivity contribution in [1.82, 2.24) is 10.2 Å². The minimum atomic E-state index is -4.39. The topological polar surface area (TPSA) is 32.3 Å². The summed E-state index contributed by atoms with van der Waals surface area (Å²) in [5.74, 6) is -0.267. The van der Waals surface area contributed by atoms with E-state index in [1.165, 1.54) is 12.1 Å². The van der Waals surface area contributed by atoms with Gasteiger partial charge in [0.1, 0.15) is 0 Å². The van der Waals surface area contributed by atoms with E-state index in [9.17, 15) is 18.0 Å². The molecule has 3 nitrogen and oxygen atoms in total. The number of alkyl halides is 3. The Labute approximate surface area is 135 Å². The number of rotatable bonds is 7. The molecule has 0 radical (unpaired) electrons. The minimum absolute atomic E-state index is 0.0483. The molecule has 6 heteroatoms. The molecule has 0 aliphatic rings. The van der Waals surface area contributed by atoms with Crippen molar-refractivity contribution >= 4 is 5.91 Å². The maximum absolute atomic E-state index is 12.6. The number of amides is 1. The van der Waals surface area contributed by atoms with E-state index in [0.29, 0.717) is 30.7 Å². The van der Waals surface area contributed by atoms with Gasteiger partial charge in [-0.3, -0.25) is 9.69 Å². The Morgan fingerprint density at radius 3 is 2.30 bits per heavy atom. The summed E-state index contributed by atoms with van der Waals surface area (Å²) < 4.78 is 37.9. The van der Waals surface area contributed by atoms with Crippen LogP contribution in [0.1, 0.15) is 38.8 Å². The zero-order valence-corrected chi connectivity index (χ0v) is 14.1. The van der Waals surface area contributed by atoms with Crippen LogP contribution in [-0.4, -0.2) is 36.0 Å². The largest absolute Gasteiger partial charge is 0.416 e. The Balaban J connectivity index is 2.51. The molecule has 0 saturated heterocycles. The van der Waals surface area contributed by atoms with Gasteiger partial charge in [0.2, 0.25) is 5.91 Å². The molecule has 0 heterocycles. The summed E-state index contributed by atoms with van der Waals surface area (Å²) in [6.07, 6.45) is -4.44. The summed E-state index contributed by atoms with van der Waals surface area (Å²) in [6, 6.07) is 5.62. The number of nitrogens with zero attached hydrogens (tertiary/aromatic N) is 1. The van der Waals surface area contributed by atoms with Crippen LogP contribution in [0.25, 0.3) is 0 Å². The molecule has 1 aromatic carbocycles. The van der Waals surface area contributed by atoms with E-state index in [1.54, 1.807) is 0 Å². The first-order chi connectivity index (χ1) is 10.6. The van der Waals surface area contributed by atoms with Gasteiger partial charge in [-0.15, -0.1) is 0 Å². The third-order valence-electron chi connectivity index (χ3n) is 3.64. The van der Waals surface area contributed by atoms with Crippen LogP contribution in [0.3, 0.4) is 0 Å². The average molecular weight is 330 g/mol. The molecule has 0 aliphatic carbocycles. The highest BCUT2D eigenvalue weighted by molar-refractivity contribution is 5.78. The first-order valence-corrected chi connectivity index (χ1v) is 7.80. The van der Waals surface area contributed by atoms with E-state index < -0.39 is 11.7 Å². The van der Waals surface area contributed by atoms with Crippen molar-refractivity contribution in [3.63, 3.8) is 0 Å². The van der Waals surface area contributed by atoms with Gasteiger partial charge < -0.3 is 5.32 Å². The fourth-order valence-corrected chi connectivity index (χ4v) is 2.54. The molecule has 0 saturated carbocycles. The molecule has 0 fully saturated rings. The molecule has 0 atom stereocenters. The van der Waals surface area contributed by atoms with E-state index in [1.807, 2.05) is 0 Å². The standard InChI is InChI=1S/C17H25F3N2O/c1-12(2)22(13(3)4)9-8-21-16(23)11-14-6-5-7-15(10-14)17(18,19)20/h5-7,10,12-13H,8-9,11H2,1-4H3,(H,21,23). The zero-order valence-electron chi connectivity index (χ0n) is 14.1. The molecule has 0 spiro atoms. The van der Waals surface area contributed by atoms with E-state index >= 15 is 0 Å². The van der Waals surface area contributed by atoms with Gasteiger partial charge in [0.25, 0.3) is 0 Å². The normalized spacial score (nSPS) is 12.3. The monoisotopic (exact) mass is 330 g/mol. The lowest BCUT2D eigenvalue weighted by Gasteiger charge is -2.30. The van der Waals surface area contributed by atoms with Crippen LogP contribution in [0, 0.1) is 0 Å². The lowest BCUT2D eigenvalue weighted by atomic mass is 10.1. The molecule has 0 unspecified atom stereocenters. The first kappa shape index (κ1) is 19.5. The van der Waals surface area contributed by atoms with Crippen molar-refractivity contribution in [2.24, 2.45) is 0 Å². The molecule has 23 heavy (non-hydrogen) atoms. The van der Waals surface area contributed by atoms with Gasteiger partial charge in [-0.2, -0.15) is 13.2 Å². The average Bonchev–Trinajstić information content (AvgIpc) is 2.42. The molecule has 1 amide bonds. The lowest BCUT2D eigenvalue weighted by molar-refractivity contribution is -0.137. The molecule has 1 N–H and O–H groups in total. The third kappa shape index (κ3) is 6.60. The van der Waals surface area contributed by atoms with Crippen LogP contribution in [0.5, 0.6) is 0 Å². The quantitative estimate of drug-likeness (QED) is 0.830. The van der Waals surface area contributed by atoms with E-state index in [-0.39, 0.29) is 12.3 Å². The molecule has 0 bridgehead atoms. The first-order valence-electron chi connectivity index (χ1n) is 7.80. The second-order valence-corrected chi connectivity index (χ2v) is 6.15. The van der Waals surface area contributed by atoms with Crippen molar-refractivity contribution in [3.8, 4) is 0 Å². The Morgan fingerprint density at radius 1 is 1.17 bits per heavy atom. The van der Waals surface area contributed by atoms with Gasteiger partial charge in [-0.05, 0) is 39.3 Å². The second kappa shape index (κ2) is 8.34. The highest BCUT2D eigenvalue weighted by atomic mass is 19.4. The summed E-state index contributed by atoms with van der Waals surface area (Å²) in [4.78, 5) is 14.1. The molecule has 130 valence electrons. The predicted octanol–water partition coefficient (Wildman–Crippen LogP) is 3.48. The molecule has 0 aromatic heterocycles. The van der Waals surface area contributed by atoms with Crippen molar-refractivity contribution in [2.75, 3.05) is 13.1 Å². The maximum atomic E-state index is 12.6. The van der Waals surface area contributed by atoms with Crippen molar-refractivity contribution in [3.05, 3.63) is 35.4 Å². The lowest BCUT2D eigenvalue weighted by Crippen LogP contribution is -2.42.